The standard InChI is InChI=1S/C30H44N5O3PS/c1-5-34(6-2)39(35(7-3)8-4,32-27-15-17-28(18-16-27)40(31,36)37)29-19-14-26(24-25-12-10-9-11-13-25)30(29)33-20-22-38-23-21-33/h9-13,15-18,24H,5-8,14,19-23H2,1-4H3,(H2,31,36,37). The van der Waals surface area contributed by atoms with E-state index in [2.05, 4.69) is 78.3 Å². The predicted octanol–water partition coefficient (Wildman–Crippen LogP) is 6.10. The molecule has 218 valence electrons. The van der Waals surface area contributed by atoms with Crippen LogP contribution in [0.3, 0.4) is 0 Å². The molecule has 0 bridgehead atoms. The van der Waals surface area contributed by atoms with Gasteiger partial charge in [-0.2, -0.15) is 0 Å². The molecule has 10 heteroatoms. The average molecular weight is 586 g/mol. The van der Waals surface area contributed by atoms with Crippen LogP contribution < -0.4 is 5.14 Å². The van der Waals surface area contributed by atoms with Crippen LogP contribution in [0.1, 0.15) is 46.1 Å². The van der Waals surface area contributed by atoms with Crippen LogP contribution in [-0.4, -0.2) is 75.1 Å². The second-order valence-corrected chi connectivity index (χ2v) is 14.5. The van der Waals surface area contributed by atoms with E-state index < -0.39 is 17.4 Å². The van der Waals surface area contributed by atoms with Crippen LogP contribution in [0.5, 0.6) is 0 Å². The van der Waals surface area contributed by atoms with Gasteiger partial charge in [0.15, 0.2) is 0 Å². The summed E-state index contributed by atoms with van der Waals surface area (Å²) in [7, 11) is -6.22. The Kier molecular flexibility index (Phi) is 10.4. The van der Waals surface area contributed by atoms with Crippen LogP contribution in [0.25, 0.3) is 6.08 Å². The maximum Gasteiger partial charge on any atom is 0.238 e. The molecule has 0 unspecified atom stereocenters. The zero-order chi connectivity index (χ0) is 28.8. The van der Waals surface area contributed by atoms with E-state index in [-0.39, 0.29) is 4.90 Å². The number of hydrogen-bond acceptors (Lipinski definition) is 5. The minimum Gasteiger partial charge on any atom is -0.378 e. The molecule has 0 spiro atoms. The van der Waals surface area contributed by atoms with E-state index in [1.807, 2.05) is 0 Å². The molecule has 2 N–H and O–H groups in total. The van der Waals surface area contributed by atoms with Crippen molar-refractivity contribution in [2.24, 2.45) is 9.88 Å². The van der Waals surface area contributed by atoms with Crippen LogP contribution in [0.4, 0.5) is 5.69 Å². The Morgan fingerprint density at radius 3 is 2.00 bits per heavy atom. The first-order chi connectivity index (χ1) is 19.3. The first-order valence-corrected chi connectivity index (χ1v) is 17.6. The lowest BCUT2D eigenvalue weighted by atomic mass is 10.1. The summed E-state index contributed by atoms with van der Waals surface area (Å²) in [5, 5.41) is 6.80. The van der Waals surface area contributed by atoms with Crippen molar-refractivity contribution < 1.29 is 13.2 Å². The quantitative estimate of drug-likeness (QED) is 0.321. The predicted molar refractivity (Wildman–Crippen MR) is 166 cm³/mol. The molecule has 1 saturated heterocycles. The molecule has 40 heavy (non-hydrogen) atoms. The fourth-order valence-corrected chi connectivity index (χ4v) is 10.8. The van der Waals surface area contributed by atoms with Crippen molar-refractivity contribution in [2.75, 3.05) is 52.5 Å². The summed E-state index contributed by atoms with van der Waals surface area (Å²) in [6.45, 7) is 15.4. The maximum absolute atomic E-state index is 12.0. The van der Waals surface area contributed by atoms with Gasteiger partial charge < -0.3 is 9.64 Å². The molecule has 1 fully saturated rings. The van der Waals surface area contributed by atoms with Gasteiger partial charge in [0.25, 0.3) is 0 Å². The van der Waals surface area contributed by atoms with E-state index in [9.17, 15) is 8.42 Å². The molecule has 1 aliphatic carbocycles. The number of ether oxygens (including phenoxy) is 1. The largest absolute Gasteiger partial charge is 0.378 e. The van der Waals surface area contributed by atoms with Gasteiger partial charge in [0.05, 0.1) is 23.8 Å². The Morgan fingerprint density at radius 2 is 1.48 bits per heavy atom. The van der Waals surface area contributed by atoms with Crippen LogP contribution in [0, 0.1) is 0 Å². The second-order valence-electron chi connectivity index (χ2n) is 9.96. The van der Waals surface area contributed by atoms with Crippen molar-refractivity contribution in [3.05, 3.63) is 76.7 Å². The summed E-state index contributed by atoms with van der Waals surface area (Å²) in [6, 6.07) is 17.3. The zero-order valence-corrected chi connectivity index (χ0v) is 26.0. The number of sulfonamides is 1. The van der Waals surface area contributed by atoms with E-state index in [0.29, 0.717) is 13.2 Å². The topological polar surface area (TPSA) is 91.5 Å². The van der Waals surface area contributed by atoms with Gasteiger partial charge in [0.2, 0.25) is 10.0 Å². The van der Waals surface area contributed by atoms with Crippen molar-refractivity contribution in [1.82, 2.24) is 14.2 Å². The first kappa shape index (κ1) is 30.7. The number of benzene rings is 2. The van der Waals surface area contributed by atoms with E-state index >= 15 is 0 Å². The molecule has 0 radical (unpaired) electrons. The highest BCUT2D eigenvalue weighted by Crippen LogP contribution is 2.69. The molecule has 0 atom stereocenters. The number of hydrogen-bond donors (Lipinski definition) is 1. The summed E-state index contributed by atoms with van der Waals surface area (Å²) in [5.74, 6) is 0. The zero-order valence-electron chi connectivity index (χ0n) is 24.3. The van der Waals surface area contributed by atoms with Crippen molar-refractivity contribution >= 4 is 29.1 Å². The number of nitrogens with two attached hydrogens (primary N) is 1. The van der Waals surface area contributed by atoms with E-state index in [4.69, 9.17) is 14.6 Å². The van der Waals surface area contributed by atoms with Crippen molar-refractivity contribution in [1.29, 1.82) is 0 Å². The van der Waals surface area contributed by atoms with E-state index in [1.165, 1.54) is 22.1 Å². The lowest BCUT2D eigenvalue weighted by Gasteiger charge is -2.45. The lowest BCUT2D eigenvalue weighted by molar-refractivity contribution is 0.0548. The molecular weight excluding hydrogens is 541 g/mol. The Hall–Kier alpha value is -2.26. The number of primary sulfonamides is 1. The molecule has 2 aromatic carbocycles. The average Bonchev–Trinajstić information content (AvgIpc) is 3.38. The summed E-state index contributed by atoms with van der Waals surface area (Å²) < 4.78 is 40.4. The Bertz CT molecular complexity index is 1340. The van der Waals surface area contributed by atoms with Crippen LogP contribution in [0.2, 0.25) is 0 Å². The monoisotopic (exact) mass is 585 g/mol. The molecule has 1 aliphatic heterocycles. The van der Waals surface area contributed by atoms with Gasteiger partial charge in [-0.1, -0.05) is 58.0 Å². The van der Waals surface area contributed by atoms with Crippen molar-refractivity contribution in [2.45, 2.75) is 45.4 Å². The molecule has 0 amide bonds. The molecule has 0 aromatic heterocycles. The van der Waals surface area contributed by atoms with Gasteiger partial charge in [-0.25, -0.2) is 18.3 Å². The summed E-state index contributed by atoms with van der Waals surface area (Å²) in [6.07, 6.45) is 4.24. The maximum atomic E-state index is 12.0. The SMILES string of the molecule is CCN(CC)P(=Nc1ccc(S(N)(=O)=O)cc1)(C1=C(N2CCOCC2)C(=Cc2ccccc2)CC1)N(CC)CC. The molecule has 0 saturated carbocycles. The number of morpholine rings is 1. The third-order valence-electron chi connectivity index (χ3n) is 7.71. The third kappa shape index (κ3) is 6.46. The molecule has 2 aromatic rings. The minimum absolute atomic E-state index is 0.100. The van der Waals surface area contributed by atoms with Crippen molar-refractivity contribution in [3.63, 3.8) is 0 Å². The summed E-state index contributed by atoms with van der Waals surface area (Å²) in [5.41, 5.74) is 4.65. The highest BCUT2D eigenvalue weighted by molar-refractivity contribution is 7.89. The highest BCUT2D eigenvalue weighted by Gasteiger charge is 2.41. The van der Waals surface area contributed by atoms with Gasteiger partial charge >= 0.3 is 0 Å². The fourth-order valence-electron chi connectivity index (χ4n) is 5.84. The van der Waals surface area contributed by atoms with Gasteiger partial charge in [-0.05, 0) is 54.3 Å². The van der Waals surface area contributed by atoms with E-state index in [1.54, 1.807) is 24.3 Å². The molecule has 1 heterocycles. The highest BCUT2D eigenvalue weighted by atomic mass is 32.2. The number of allylic oxidation sites excluding steroid dienone is 2. The summed E-state index contributed by atoms with van der Waals surface area (Å²) in [4.78, 5) is 2.62. The van der Waals surface area contributed by atoms with Crippen LogP contribution in [-0.2, 0) is 14.8 Å². The lowest BCUT2D eigenvalue weighted by Crippen LogP contribution is -2.38. The minimum atomic E-state index is -3.78. The normalized spacial score (nSPS) is 17.9. The third-order valence-corrected chi connectivity index (χ3v) is 13.0. The van der Waals surface area contributed by atoms with Crippen molar-refractivity contribution in [3.8, 4) is 0 Å². The van der Waals surface area contributed by atoms with Gasteiger partial charge in [0, 0.05) is 50.3 Å². The smallest absolute Gasteiger partial charge is 0.238 e. The van der Waals surface area contributed by atoms with E-state index in [0.717, 1.165) is 57.8 Å². The Balaban J connectivity index is 2.04. The Labute approximate surface area is 240 Å². The van der Waals surface area contributed by atoms with Crippen LogP contribution in [0.15, 0.2) is 80.8 Å². The second kappa shape index (κ2) is 13.6. The fraction of sp³-hybridized carbons (Fsp3) is 0.467. The number of nitrogens with zero attached hydrogens (tertiary/aromatic N) is 4. The van der Waals surface area contributed by atoms with Gasteiger partial charge in [-0.15, -0.1) is 0 Å². The first-order valence-electron chi connectivity index (χ1n) is 14.4. The molecule has 2 aliphatic rings. The molecular formula is C30H44N5O3PS. The molecule has 8 nitrogen and oxygen atoms in total. The molecule has 4 rings (SSSR count). The summed E-state index contributed by atoms with van der Waals surface area (Å²) >= 11 is 0. The Morgan fingerprint density at radius 1 is 0.900 bits per heavy atom. The van der Waals surface area contributed by atoms with Gasteiger partial charge in [-0.3, -0.25) is 9.34 Å². The number of rotatable bonds is 11. The van der Waals surface area contributed by atoms with Gasteiger partial charge in [0.1, 0.15) is 7.36 Å². The van der Waals surface area contributed by atoms with Crippen LogP contribution >= 0.6 is 7.36 Å².